The molecule has 0 aliphatic carbocycles. The lowest BCUT2D eigenvalue weighted by molar-refractivity contribution is 0.0671. The summed E-state index contributed by atoms with van der Waals surface area (Å²) in [5.74, 6) is -4.72. The number of halogens is 6. The Bertz CT molecular complexity index is 3790. The molecule has 6 aromatic carbocycles. The van der Waals surface area contributed by atoms with E-state index in [1.165, 1.54) is 33.6 Å². The van der Waals surface area contributed by atoms with Crippen molar-refractivity contribution in [1.29, 1.82) is 0 Å². The Morgan fingerprint density at radius 2 is 1.01 bits per heavy atom. The van der Waals surface area contributed by atoms with Crippen molar-refractivity contribution in [2.75, 3.05) is 0 Å². The highest BCUT2D eigenvalue weighted by molar-refractivity contribution is 6.32. The molecule has 0 amide bonds. The first kappa shape index (κ1) is 50.6. The Morgan fingerprint density at radius 1 is 0.539 bits per heavy atom. The van der Waals surface area contributed by atoms with Crippen LogP contribution >= 0.6 is 34.8 Å². The molecule has 3 aliphatic rings. The second-order valence-corrected chi connectivity index (χ2v) is 18.3. The van der Waals surface area contributed by atoms with Crippen LogP contribution in [0.3, 0.4) is 0 Å². The molecule has 378 valence electrons. The second kappa shape index (κ2) is 20.7. The summed E-state index contributed by atoms with van der Waals surface area (Å²) in [4.78, 5) is 56.1. The molecule has 12 rings (SSSR count). The number of imidazole rings is 1. The van der Waals surface area contributed by atoms with E-state index in [9.17, 15) is 42.9 Å². The van der Waals surface area contributed by atoms with Crippen LogP contribution in [0.2, 0.25) is 15.1 Å². The van der Waals surface area contributed by atoms with Crippen LogP contribution in [-0.4, -0.2) is 79.2 Å². The minimum atomic E-state index is -1.23. The lowest BCUT2D eigenvalue weighted by Gasteiger charge is -2.14. The third-order valence-corrected chi connectivity index (χ3v) is 13.0. The quantitative estimate of drug-likeness (QED) is 0.145. The number of aromatic nitrogens is 6. The summed E-state index contributed by atoms with van der Waals surface area (Å²) in [6.45, 7) is 2.17. The molecule has 0 radical (unpaired) electrons. The molecule has 3 N–H and O–H groups in total. The van der Waals surface area contributed by atoms with Gasteiger partial charge in [0.15, 0.2) is 5.82 Å². The van der Waals surface area contributed by atoms with Crippen molar-refractivity contribution in [3.63, 3.8) is 0 Å². The topological polar surface area (TPSA) is 202 Å². The molecule has 15 nitrogen and oxygen atoms in total. The number of fused-ring (bicyclic) bond motifs is 9. The maximum Gasteiger partial charge on any atom is 0.375 e. The Kier molecular flexibility index (Phi) is 13.8. The minimum absolute atomic E-state index is 0.122. The van der Waals surface area contributed by atoms with Gasteiger partial charge < -0.3 is 19.9 Å². The summed E-state index contributed by atoms with van der Waals surface area (Å²) in [7, 11) is 0. The van der Waals surface area contributed by atoms with Crippen LogP contribution in [0.5, 0.6) is 0 Å². The number of carboxylic acid groups (broad SMARTS) is 3. The Labute approximate surface area is 443 Å². The van der Waals surface area contributed by atoms with Gasteiger partial charge in [0.25, 0.3) is 5.82 Å². The molecule has 1 atom stereocenters. The number of carboxylic acids is 3. The summed E-state index contributed by atoms with van der Waals surface area (Å²) in [5, 5.41) is 33.6. The monoisotopic (exact) mass is 1080 g/mol. The van der Waals surface area contributed by atoms with Crippen LogP contribution < -0.4 is 0 Å². The van der Waals surface area contributed by atoms with Crippen LogP contribution in [0.25, 0.3) is 17.1 Å². The fourth-order valence-corrected chi connectivity index (χ4v) is 9.47. The molecule has 1 unspecified atom stereocenters. The Hall–Kier alpha value is -8.97. The summed E-state index contributed by atoms with van der Waals surface area (Å²) in [6, 6.07) is 36.8. The van der Waals surface area contributed by atoms with Crippen molar-refractivity contribution < 1.29 is 42.9 Å². The first-order chi connectivity index (χ1) is 36.6. The largest absolute Gasteiger partial charge is 0.477 e. The van der Waals surface area contributed by atoms with Gasteiger partial charge in [-0.1, -0.05) is 71.2 Å². The maximum atomic E-state index is 14.4. The van der Waals surface area contributed by atoms with Crippen molar-refractivity contribution in [2.45, 2.75) is 26.1 Å². The first-order valence-electron chi connectivity index (χ1n) is 22.8. The number of benzene rings is 6. The molecule has 0 spiro atoms. The van der Waals surface area contributed by atoms with E-state index in [-0.39, 0.29) is 30.4 Å². The molecule has 0 fully saturated rings. The van der Waals surface area contributed by atoms with Crippen LogP contribution in [0.1, 0.15) is 95.3 Å². The molecule has 9 aromatic rings. The summed E-state index contributed by atoms with van der Waals surface area (Å²) in [6.07, 6.45) is 1.47. The average molecular weight is 1080 g/mol. The predicted molar refractivity (Wildman–Crippen MR) is 279 cm³/mol. The van der Waals surface area contributed by atoms with E-state index in [0.29, 0.717) is 99.9 Å². The number of rotatable bonds is 6. The lowest BCUT2D eigenvalue weighted by Crippen LogP contribution is -2.13. The molecule has 6 heterocycles. The van der Waals surface area contributed by atoms with E-state index < -0.39 is 41.4 Å². The van der Waals surface area contributed by atoms with E-state index in [4.69, 9.17) is 34.8 Å². The van der Waals surface area contributed by atoms with Crippen molar-refractivity contribution in [3.05, 3.63) is 246 Å². The maximum absolute atomic E-state index is 14.4. The van der Waals surface area contributed by atoms with E-state index in [2.05, 4.69) is 30.0 Å². The van der Waals surface area contributed by atoms with Gasteiger partial charge in [0.05, 0.1) is 59.2 Å². The smallest absolute Gasteiger partial charge is 0.375 e. The fourth-order valence-electron chi connectivity index (χ4n) is 8.95. The highest BCUT2D eigenvalue weighted by Crippen LogP contribution is 2.34. The Balaban J connectivity index is 0.000000130. The highest BCUT2D eigenvalue weighted by atomic mass is 35.5. The first-order valence-corrected chi connectivity index (χ1v) is 24.0. The number of nitrogens with zero attached hydrogens (tertiary/aromatic N) is 9. The van der Waals surface area contributed by atoms with Gasteiger partial charge in [-0.3, -0.25) is 19.5 Å². The van der Waals surface area contributed by atoms with Crippen LogP contribution in [-0.2, 0) is 13.1 Å². The molecule has 76 heavy (non-hydrogen) atoms. The van der Waals surface area contributed by atoms with Crippen molar-refractivity contribution in [3.8, 4) is 17.1 Å². The molecule has 0 saturated heterocycles. The number of aliphatic imine (C=N–C) groups is 3. The zero-order valence-electron chi connectivity index (χ0n) is 39.2. The molecule has 0 bridgehead atoms. The van der Waals surface area contributed by atoms with E-state index in [1.807, 2.05) is 0 Å². The van der Waals surface area contributed by atoms with Gasteiger partial charge in [0.2, 0.25) is 5.82 Å². The normalized spacial score (nSPS) is 13.8. The van der Waals surface area contributed by atoms with Gasteiger partial charge in [-0.05, 0) is 110 Å². The average Bonchev–Trinajstić information content (AvgIpc) is 4.11. The lowest BCUT2D eigenvalue weighted by atomic mass is 10.00. The van der Waals surface area contributed by atoms with Gasteiger partial charge in [-0.15, -0.1) is 5.10 Å². The number of hydrogen-bond donors (Lipinski definition) is 3. The molecular weight excluding hydrogens is 1050 g/mol. The number of aromatic carboxylic acids is 3. The molecule has 21 heteroatoms. The van der Waals surface area contributed by atoms with Gasteiger partial charge in [-0.2, -0.15) is 0 Å². The molecule has 3 aromatic heterocycles. The summed E-state index contributed by atoms with van der Waals surface area (Å²) >= 11 is 18.4. The van der Waals surface area contributed by atoms with E-state index in [0.717, 1.165) is 0 Å². The third-order valence-electron chi connectivity index (χ3n) is 12.3. The Morgan fingerprint density at radius 3 is 1.51 bits per heavy atom. The minimum Gasteiger partial charge on any atom is -0.477 e. The van der Waals surface area contributed by atoms with Gasteiger partial charge in [0.1, 0.15) is 29.2 Å². The standard InChI is InChI=1S/C19H12ClFN2O2.C18H12ClFN4O2.C18H11ClFN3O2/c20-11-5-7-16-14(9-11)18(13-3-1-2-4-15(13)21)22-10-12-6-8-17(19(24)25)23(12)16;1-9-17-22-16(18(25)26)23-24(17)14-7-6-10(19)8-12(14)15(21-9)11-4-2-3-5-13(11)20;19-10-5-6-15-13(7-10)16(12-3-1-2-4-14(12)20)21-8-11-9-22-17(18(24)25)23(11)15/h1-9H,10H2,(H,24,25);2-9H,1H3,(H,25,26);1-7,9H,8H2,(H,24,25). The zero-order valence-corrected chi connectivity index (χ0v) is 41.5. The molecule has 3 aliphatic heterocycles. The molecular formula is C55H35Cl3F3N9O6. The van der Waals surface area contributed by atoms with E-state index in [1.54, 1.807) is 133 Å². The predicted octanol–water partition coefficient (Wildman–Crippen LogP) is 11.7. The van der Waals surface area contributed by atoms with Gasteiger partial charge >= 0.3 is 17.9 Å². The number of carbonyl (C=O) groups is 3. The van der Waals surface area contributed by atoms with Crippen LogP contribution in [0.4, 0.5) is 13.2 Å². The van der Waals surface area contributed by atoms with Crippen LogP contribution in [0.15, 0.2) is 161 Å². The number of hydrogen-bond acceptors (Lipinski definition) is 9. The highest BCUT2D eigenvalue weighted by Gasteiger charge is 2.30. The van der Waals surface area contributed by atoms with Crippen molar-refractivity contribution in [2.24, 2.45) is 15.0 Å². The fraction of sp³-hybridized carbons (Fsp3) is 0.0727. The van der Waals surface area contributed by atoms with Crippen molar-refractivity contribution in [1.82, 2.24) is 28.9 Å². The van der Waals surface area contributed by atoms with E-state index >= 15 is 0 Å². The SMILES string of the molecule is CC1N=C(c2ccccc2F)c2cc(Cl)ccc2-n2nc(C(=O)O)nc21.O=C(O)c1ccc2n1-c1ccc(Cl)cc1C(c1ccccc1F)=NC2.O=C(O)c1ncc2n1-c1ccc(Cl)cc1C(c1ccccc1F)=NC2. The second-order valence-electron chi connectivity index (χ2n) is 17.0. The summed E-state index contributed by atoms with van der Waals surface area (Å²) in [5.41, 5.74) is 7.15. The van der Waals surface area contributed by atoms with Crippen molar-refractivity contribution >= 4 is 69.8 Å². The summed E-state index contributed by atoms with van der Waals surface area (Å²) < 4.78 is 47.7. The van der Waals surface area contributed by atoms with Gasteiger partial charge in [0, 0.05) is 54.1 Å². The van der Waals surface area contributed by atoms with Gasteiger partial charge in [-0.25, -0.2) is 42.2 Å². The molecule has 0 saturated carbocycles. The van der Waals surface area contributed by atoms with Crippen LogP contribution in [0, 0.1) is 17.5 Å². The zero-order chi connectivity index (χ0) is 53.5. The third kappa shape index (κ3) is 9.56.